The molecular formula is C23H25N5OS. The average molecular weight is 420 g/mol. The number of hydrogen-bond donors (Lipinski definition) is 1. The van der Waals surface area contributed by atoms with Gasteiger partial charge in [-0.05, 0) is 44.9 Å². The van der Waals surface area contributed by atoms with Gasteiger partial charge in [-0.25, -0.2) is 14.6 Å². The van der Waals surface area contributed by atoms with Gasteiger partial charge >= 0.3 is 0 Å². The van der Waals surface area contributed by atoms with Crippen LogP contribution >= 0.6 is 11.3 Å². The third-order valence-corrected chi connectivity index (χ3v) is 5.72. The van der Waals surface area contributed by atoms with Crippen LogP contribution in [-0.4, -0.2) is 25.7 Å². The van der Waals surface area contributed by atoms with E-state index in [9.17, 15) is 4.79 Å². The number of aryl methyl sites for hydroxylation is 1. The Balaban J connectivity index is 1.71. The molecule has 1 aromatic carbocycles. The Morgan fingerprint density at radius 3 is 2.60 bits per heavy atom. The zero-order chi connectivity index (χ0) is 21.4. The summed E-state index contributed by atoms with van der Waals surface area (Å²) in [5.74, 6) is 0.0342. The van der Waals surface area contributed by atoms with E-state index in [0.717, 1.165) is 38.7 Å². The molecule has 4 aromatic rings. The van der Waals surface area contributed by atoms with Crippen LogP contribution in [0.4, 0.5) is 5.69 Å². The lowest BCUT2D eigenvalue weighted by Gasteiger charge is -2.12. The molecule has 0 aliphatic rings. The van der Waals surface area contributed by atoms with Crippen molar-refractivity contribution in [1.82, 2.24) is 19.7 Å². The second-order valence-electron chi connectivity index (χ2n) is 7.96. The predicted molar refractivity (Wildman–Crippen MR) is 122 cm³/mol. The van der Waals surface area contributed by atoms with Crippen LogP contribution in [0, 0.1) is 6.92 Å². The molecule has 0 unspecified atom stereocenters. The number of thiazole rings is 1. The van der Waals surface area contributed by atoms with Crippen molar-refractivity contribution in [3.05, 3.63) is 58.2 Å². The summed E-state index contributed by atoms with van der Waals surface area (Å²) in [4.78, 5) is 22.6. The van der Waals surface area contributed by atoms with Gasteiger partial charge in [0, 0.05) is 28.4 Å². The molecule has 0 fully saturated rings. The molecule has 1 N–H and O–H groups in total. The van der Waals surface area contributed by atoms with Crippen LogP contribution in [0.1, 0.15) is 60.7 Å². The standard InChI is InChI=1S/C23H25N5OS/c1-13(2)20-10-18(19-11-24-28(14(3)4)22(19)27-20)23(29)26-17-8-6-7-16(9-17)21-12-30-15(5)25-21/h6-14H,1-5H3,(H,26,29). The second-order valence-corrected chi connectivity index (χ2v) is 9.02. The van der Waals surface area contributed by atoms with Gasteiger partial charge in [-0.2, -0.15) is 5.10 Å². The van der Waals surface area contributed by atoms with E-state index in [1.807, 2.05) is 47.3 Å². The molecule has 0 radical (unpaired) electrons. The molecule has 7 heteroatoms. The number of hydrogen-bond acceptors (Lipinski definition) is 5. The van der Waals surface area contributed by atoms with Crippen LogP contribution in [-0.2, 0) is 0 Å². The monoisotopic (exact) mass is 419 g/mol. The summed E-state index contributed by atoms with van der Waals surface area (Å²) in [6.07, 6.45) is 1.73. The highest BCUT2D eigenvalue weighted by molar-refractivity contribution is 7.09. The van der Waals surface area contributed by atoms with E-state index in [-0.39, 0.29) is 17.9 Å². The highest BCUT2D eigenvalue weighted by Crippen LogP contribution is 2.27. The van der Waals surface area contributed by atoms with Crippen LogP contribution in [0.15, 0.2) is 41.9 Å². The van der Waals surface area contributed by atoms with Gasteiger partial charge in [0.25, 0.3) is 5.91 Å². The van der Waals surface area contributed by atoms with Crippen molar-refractivity contribution >= 4 is 34.0 Å². The fourth-order valence-electron chi connectivity index (χ4n) is 3.35. The predicted octanol–water partition coefficient (Wildman–Crippen LogP) is 5.82. The van der Waals surface area contributed by atoms with E-state index in [2.05, 4.69) is 43.1 Å². The number of benzene rings is 1. The summed E-state index contributed by atoms with van der Waals surface area (Å²) < 4.78 is 1.86. The highest BCUT2D eigenvalue weighted by Gasteiger charge is 2.19. The van der Waals surface area contributed by atoms with E-state index in [1.165, 1.54) is 0 Å². The maximum absolute atomic E-state index is 13.2. The number of carbonyl (C=O) groups is 1. The number of aromatic nitrogens is 4. The molecule has 0 saturated heterocycles. The first-order chi connectivity index (χ1) is 14.3. The second kappa shape index (κ2) is 7.99. The topological polar surface area (TPSA) is 72.7 Å². The van der Waals surface area contributed by atoms with Crippen molar-refractivity contribution in [1.29, 1.82) is 0 Å². The Labute approximate surface area is 180 Å². The molecule has 0 aliphatic heterocycles. The normalized spacial score (nSPS) is 11.6. The molecule has 0 atom stereocenters. The van der Waals surface area contributed by atoms with Gasteiger partial charge in [0.05, 0.1) is 27.8 Å². The number of nitrogens with zero attached hydrogens (tertiary/aromatic N) is 4. The fraction of sp³-hybridized carbons (Fsp3) is 0.304. The zero-order valence-electron chi connectivity index (χ0n) is 17.8. The maximum Gasteiger partial charge on any atom is 0.256 e. The minimum Gasteiger partial charge on any atom is -0.322 e. The molecule has 30 heavy (non-hydrogen) atoms. The molecule has 3 aromatic heterocycles. The summed E-state index contributed by atoms with van der Waals surface area (Å²) in [7, 11) is 0. The van der Waals surface area contributed by atoms with Gasteiger partial charge in [0.1, 0.15) is 0 Å². The molecule has 1 amide bonds. The Morgan fingerprint density at radius 1 is 1.13 bits per heavy atom. The molecule has 0 spiro atoms. The fourth-order valence-corrected chi connectivity index (χ4v) is 3.97. The third kappa shape index (κ3) is 3.85. The van der Waals surface area contributed by atoms with Crippen molar-refractivity contribution < 1.29 is 4.79 Å². The third-order valence-electron chi connectivity index (χ3n) is 4.95. The number of rotatable bonds is 5. The summed E-state index contributed by atoms with van der Waals surface area (Å²) in [5, 5.41) is 11.3. The van der Waals surface area contributed by atoms with Crippen LogP contribution < -0.4 is 5.32 Å². The van der Waals surface area contributed by atoms with E-state index >= 15 is 0 Å². The number of fused-ring (bicyclic) bond motifs is 1. The van der Waals surface area contributed by atoms with Crippen molar-refractivity contribution in [3.8, 4) is 11.3 Å². The van der Waals surface area contributed by atoms with Crippen molar-refractivity contribution in [2.24, 2.45) is 0 Å². The van der Waals surface area contributed by atoms with Gasteiger partial charge in [-0.1, -0.05) is 26.0 Å². The molecule has 0 saturated carbocycles. The van der Waals surface area contributed by atoms with Crippen LogP contribution in [0.3, 0.4) is 0 Å². The van der Waals surface area contributed by atoms with E-state index < -0.39 is 0 Å². The van der Waals surface area contributed by atoms with Crippen molar-refractivity contribution in [2.45, 2.75) is 46.6 Å². The van der Waals surface area contributed by atoms with Gasteiger partial charge < -0.3 is 5.32 Å². The lowest BCUT2D eigenvalue weighted by molar-refractivity contribution is 0.102. The first-order valence-electron chi connectivity index (χ1n) is 10.1. The van der Waals surface area contributed by atoms with Gasteiger partial charge in [-0.3, -0.25) is 4.79 Å². The minimum absolute atomic E-state index is 0.159. The van der Waals surface area contributed by atoms with Crippen LogP contribution in [0.5, 0.6) is 0 Å². The summed E-state index contributed by atoms with van der Waals surface area (Å²) >= 11 is 1.61. The maximum atomic E-state index is 13.2. The van der Waals surface area contributed by atoms with Gasteiger partial charge in [-0.15, -0.1) is 11.3 Å². The van der Waals surface area contributed by atoms with E-state index in [0.29, 0.717) is 5.56 Å². The number of carbonyl (C=O) groups excluding carboxylic acids is 1. The largest absolute Gasteiger partial charge is 0.322 e. The highest BCUT2D eigenvalue weighted by atomic mass is 32.1. The van der Waals surface area contributed by atoms with Gasteiger partial charge in [0.2, 0.25) is 0 Å². The number of amides is 1. The molecule has 3 heterocycles. The summed E-state index contributed by atoms with van der Waals surface area (Å²) in [5.41, 5.74) is 4.84. The Morgan fingerprint density at radius 2 is 1.93 bits per heavy atom. The van der Waals surface area contributed by atoms with Crippen molar-refractivity contribution in [2.75, 3.05) is 5.32 Å². The van der Waals surface area contributed by atoms with Crippen LogP contribution in [0.25, 0.3) is 22.3 Å². The number of pyridine rings is 1. The molecule has 6 nitrogen and oxygen atoms in total. The van der Waals surface area contributed by atoms with Crippen LogP contribution in [0.2, 0.25) is 0 Å². The minimum atomic E-state index is -0.167. The Kier molecular flexibility index (Phi) is 5.39. The molecular weight excluding hydrogens is 394 g/mol. The molecule has 0 aliphatic carbocycles. The first kappa shape index (κ1) is 20.2. The van der Waals surface area contributed by atoms with E-state index in [4.69, 9.17) is 4.98 Å². The number of nitrogens with one attached hydrogen (secondary N) is 1. The number of anilines is 1. The molecule has 0 bridgehead atoms. The zero-order valence-corrected chi connectivity index (χ0v) is 18.6. The first-order valence-corrected chi connectivity index (χ1v) is 10.9. The van der Waals surface area contributed by atoms with Crippen molar-refractivity contribution in [3.63, 3.8) is 0 Å². The smallest absolute Gasteiger partial charge is 0.256 e. The Bertz CT molecular complexity index is 1220. The van der Waals surface area contributed by atoms with Gasteiger partial charge in [0.15, 0.2) is 5.65 Å². The SMILES string of the molecule is Cc1nc(-c2cccc(NC(=O)c3cc(C(C)C)nc4c3cnn4C(C)C)c2)cs1. The molecule has 4 rings (SSSR count). The summed E-state index contributed by atoms with van der Waals surface area (Å²) in [6.45, 7) is 10.2. The molecule has 154 valence electrons. The summed E-state index contributed by atoms with van der Waals surface area (Å²) in [6, 6.07) is 9.80. The Hall–Kier alpha value is -3.06. The van der Waals surface area contributed by atoms with E-state index in [1.54, 1.807) is 17.5 Å². The average Bonchev–Trinajstić information content (AvgIpc) is 3.33. The lowest BCUT2D eigenvalue weighted by Crippen LogP contribution is -2.14. The quantitative estimate of drug-likeness (QED) is 0.442. The lowest BCUT2D eigenvalue weighted by atomic mass is 10.0.